The van der Waals surface area contributed by atoms with E-state index in [0.717, 1.165) is 17.4 Å². The van der Waals surface area contributed by atoms with Gasteiger partial charge < -0.3 is 14.2 Å². The van der Waals surface area contributed by atoms with Crippen LogP contribution < -0.4 is 15.1 Å². The van der Waals surface area contributed by atoms with E-state index in [1.54, 1.807) is 40.5 Å². The van der Waals surface area contributed by atoms with Gasteiger partial charge >= 0.3 is 6.18 Å². The summed E-state index contributed by atoms with van der Waals surface area (Å²) in [6.07, 6.45) is -0.281. The number of hydrogen-bond donors (Lipinski definition) is 1. The number of rotatable bonds is 5. The molecule has 1 aromatic heterocycles. The Hall–Kier alpha value is -3.53. The number of imidazole rings is 1. The van der Waals surface area contributed by atoms with Crippen LogP contribution >= 0.6 is 0 Å². The van der Waals surface area contributed by atoms with E-state index in [0.29, 0.717) is 43.9 Å². The molecule has 0 atom stereocenters. The number of carbonyl (C=O) groups excluding carboxylic acids is 1. The molecule has 2 aromatic carbocycles. The van der Waals surface area contributed by atoms with Crippen LogP contribution in [0.3, 0.4) is 0 Å². The van der Waals surface area contributed by atoms with Gasteiger partial charge in [-0.2, -0.15) is 13.2 Å². The zero-order valence-electron chi connectivity index (χ0n) is 19.0. The normalized spacial score (nSPS) is 15.1. The van der Waals surface area contributed by atoms with E-state index in [4.69, 9.17) is 4.74 Å². The van der Waals surface area contributed by atoms with E-state index in [1.165, 1.54) is 19.2 Å². The van der Waals surface area contributed by atoms with Gasteiger partial charge in [0.2, 0.25) is 0 Å². The number of hydrazine groups is 1. The number of carbonyl (C=O) groups is 1. The molecule has 180 valence electrons. The summed E-state index contributed by atoms with van der Waals surface area (Å²) >= 11 is 0. The SMILES string of the molecule is COc1cc(C(=O)NN2CCCN(c3ccccc3C(F)(F)F)CC2)ccc1-n1cnc(C)c1. The van der Waals surface area contributed by atoms with Gasteiger partial charge in [0, 0.05) is 43.6 Å². The van der Waals surface area contributed by atoms with E-state index in [2.05, 4.69) is 10.4 Å². The number of anilines is 1. The maximum atomic E-state index is 13.4. The number of aryl methyl sites for hydroxylation is 1. The molecule has 34 heavy (non-hydrogen) atoms. The van der Waals surface area contributed by atoms with Crippen molar-refractivity contribution in [2.75, 3.05) is 38.2 Å². The number of amides is 1. The van der Waals surface area contributed by atoms with Crippen LogP contribution in [0.25, 0.3) is 5.69 Å². The fourth-order valence-corrected chi connectivity index (χ4v) is 4.05. The third-order valence-corrected chi connectivity index (χ3v) is 5.74. The average molecular weight is 473 g/mol. The molecule has 1 amide bonds. The van der Waals surface area contributed by atoms with Gasteiger partial charge in [0.05, 0.1) is 30.4 Å². The number of benzene rings is 2. The first-order chi connectivity index (χ1) is 16.3. The smallest absolute Gasteiger partial charge is 0.418 e. The number of ether oxygens (including phenoxy) is 1. The molecule has 1 fully saturated rings. The van der Waals surface area contributed by atoms with Crippen LogP contribution in [0, 0.1) is 6.92 Å². The lowest BCUT2D eigenvalue weighted by Crippen LogP contribution is -2.44. The highest BCUT2D eigenvalue weighted by Gasteiger charge is 2.35. The Balaban J connectivity index is 1.44. The maximum absolute atomic E-state index is 13.4. The van der Waals surface area contributed by atoms with Gasteiger partial charge in [-0.15, -0.1) is 0 Å². The quantitative estimate of drug-likeness (QED) is 0.606. The summed E-state index contributed by atoms with van der Waals surface area (Å²) in [5, 5.41) is 1.75. The van der Waals surface area contributed by atoms with Gasteiger partial charge in [-0.1, -0.05) is 12.1 Å². The van der Waals surface area contributed by atoms with Crippen molar-refractivity contribution in [1.82, 2.24) is 20.0 Å². The van der Waals surface area contributed by atoms with Crippen LogP contribution in [0.1, 0.15) is 28.0 Å². The van der Waals surface area contributed by atoms with Gasteiger partial charge in [0.1, 0.15) is 5.75 Å². The van der Waals surface area contributed by atoms with Crippen molar-refractivity contribution in [3.63, 3.8) is 0 Å². The highest BCUT2D eigenvalue weighted by atomic mass is 19.4. The lowest BCUT2D eigenvalue weighted by atomic mass is 10.1. The first-order valence-corrected chi connectivity index (χ1v) is 10.9. The zero-order valence-corrected chi connectivity index (χ0v) is 19.0. The van der Waals surface area contributed by atoms with Crippen molar-refractivity contribution in [2.24, 2.45) is 0 Å². The van der Waals surface area contributed by atoms with Crippen molar-refractivity contribution in [2.45, 2.75) is 19.5 Å². The molecule has 0 unspecified atom stereocenters. The molecule has 1 aliphatic heterocycles. The Labute approximate surface area is 195 Å². The third kappa shape index (κ3) is 5.17. The zero-order chi connectivity index (χ0) is 24.3. The van der Waals surface area contributed by atoms with Crippen LogP contribution in [-0.4, -0.2) is 53.8 Å². The maximum Gasteiger partial charge on any atom is 0.418 e. The summed E-state index contributed by atoms with van der Waals surface area (Å²) in [5.74, 6) is 0.214. The van der Waals surface area contributed by atoms with Gasteiger partial charge in [0.25, 0.3) is 5.91 Å². The molecule has 0 saturated carbocycles. The first-order valence-electron chi connectivity index (χ1n) is 10.9. The molecule has 1 saturated heterocycles. The summed E-state index contributed by atoms with van der Waals surface area (Å²) in [5.41, 5.74) is 4.43. The molecule has 7 nitrogen and oxygen atoms in total. The molecule has 3 aromatic rings. The number of halogens is 3. The monoisotopic (exact) mass is 473 g/mol. The molecule has 0 bridgehead atoms. The van der Waals surface area contributed by atoms with Crippen molar-refractivity contribution in [3.05, 3.63) is 71.8 Å². The summed E-state index contributed by atoms with van der Waals surface area (Å²) in [6.45, 7) is 3.62. The Morgan fingerprint density at radius 1 is 1.06 bits per heavy atom. The Morgan fingerprint density at radius 2 is 1.85 bits per heavy atom. The van der Waals surface area contributed by atoms with E-state index in [-0.39, 0.29) is 11.6 Å². The molecular weight excluding hydrogens is 447 g/mol. The highest BCUT2D eigenvalue weighted by Crippen LogP contribution is 2.36. The molecule has 4 rings (SSSR count). The number of alkyl halides is 3. The van der Waals surface area contributed by atoms with Crippen molar-refractivity contribution < 1.29 is 22.7 Å². The summed E-state index contributed by atoms with van der Waals surface area (Å²) in [6, 6.07) is 10.7. The van der Waals surface area contributed by atoms with Crippen LogP contribution in [0.4, 0.5) is 18.9 Å². The van der Waals surface area contributed by atoms with Crippen molar-refractivity contribution in [1.29, 1.82) is 0 Å². The Bertz CT molecular complexity index is 1160. The second-order valence-corrected chi connectivity index (χ2v) is 8.09. The number of hydrogen-bond acceptors (Lipinski definition) is 5. The molecule has 2 heterocycles. The number of aromatic nitrogens is 2. The van der Waals surface area contributed by atoms with Crippen LogP contribution in [0.2, 0.25) is 0 Å². The molecule has 0 radical (unpaired) electrons. The number of methoxy groups -OCH3 is 1. The van der Waals surface area contributed by atoms with Crippen molar-refractivity contribution in [3.8, 4) is 11.4 Å². The van der Waals surface area contributed by atoms with Gasteiger partial charge in [0.15, 0.2) is 0 Å². The van der Waals surface area contributed by atoms with E-state index < -0.39 is 11.7 Å². The number of nitrogens with one attached hydrogen (secondary N) is 1. The lowest BCUT2D eigenvalue weighted by Gasteiger charge is -2.26. The van der Waals surface area contributed by atoms with Crippen LogP contribution in [-0.2, 0) is 6.18 Å². The molecule has 0 aliphatic carbocycles. The van der Waals surface area contributed by atoms with Gasteiger partial charge in [-0.25, -0.2) is 9.99 Å². The standard InChI is InChI=1S/C24H26F3N5O2/c1-17-15-31(16-28-17)21-9-8-18(14-22(21)34-2)23(33)29-32-11-5-10-30(12-13-32)20-7-4-3-6-19(20)24(25,26)27/h3-4,6-9,14-16H,5,10-13H2,1-2H3,(H,29,33). The summed E-state index contributed by atoms with van der Waals surface area (Å²) in [7, 11) is 1.53. The van der Waals surface area contributed by atoms with E-state index >= 15 is 0 Å². The average Bonchev–Trinajstić information content (AvgIpc) is 3.12. The molecular formula is C24H26F3N5O2. The molecule has 1 aliphatic rings. The molecule has 0 spiro atoms. The van der Waals surface area contributed by atoms with E-state index in [1.807, 2.05) is 17.7 Å². The Morgan fingerprint density at radius 3 is 2.56 bits per heavy atom. The predicted molar refractivity (Wildman–Crippen MR) is 122 cm³/mol. The fraction of sp³-hybridized carbons (Fsp3) is 0.333. The Kier molecular flexibility index (Phi) is 6.78. The van der Waals surface area contributed by atoms with E-state index in [9.17, 15) is 18.0 Å². The highest BCUT2D eigenvalue weighted by molar-refractivity contribution is 5.94. The topological polar surface area (TPSA) is 62.6 Å². The minimum Gasteiger partial charge on any atom is -0.495 e. The molecule has 10 heteroatoms. The van der Waals surface area contributed by atoms with Gasteiger partial charge in [-0.3, -0.25) is 10.2 Å². The second-order valence-electron chi connectivity index (χ2n) is 8.09. The second kappa shape index (κ2) is 9.76. The number of nitrogens with zero attached hydrogens (tertiary/aromatic N) is 4. The van der Waals surface area contributed by atoms with Gasteiger partial charge in [-0.05, 0) is 43.7 Å². The fourth-order valence-electron chi connectivity index (χ4n) is 4.05. The van der Waals surface area contributed by atoms with Crippen molar-refractivity contribution >= 4 is 11.6 Å². The minimum absolute atomic E-state index is 0.165. The lowest BCUT2D eigenvalue weighted by molar-refractivity contribution is -0.137. The van der Waals surface area contributed by atoms with Crippen LogP contribution in [0.5, 0.6) is 5.75 Å². The summed E-state index contributed by atoms with van der Waals surface area (Å²) < 4.78 is 47.6. The third-order valence-electron chi connectivity index (χ3n) is 5.74. The molecule has 1 N–H and O–H groups in total. The number of para-hydroxylation sites is 1. The summed E-state index contributed by atoms with van der Waals surface area (Å²) in [4.78, 5) is 18.8. The minimum atomic E-state index is -4.42. The van der Waals surface area contributed by atoms with Crippen LogP contribution in [0.15, 0.2) is 55.0 Å². The first kappa shape index (κ1) is 23.6. The predicted octanol–water partition coefficient (Wildman–Crippen LogP) is 4.07. The largest absolute Gasteiger partial charge is 0.495 e.